The Morgan fingerprint density at radius 2 is 1.89 bits per heavy atom. The van der Waals surface area contributed by atoms with E-state index in [-0.39, 0.29) is 0 Å². The van der Waals surface area contributed by atoms with Crippen LogP contribution >= 0.6 is 24.0 Å². The molecule has 0 aromatic heterocycles. The molecule has 0 aliphatic carbocycles. The van der Waals surface area contributed by atoms with Gasteiger partial charge in [-0.05, 0) is 37.4 Å². The number of rotatable bonds is 4. The van der Waals surface area contributed by atoms with E-state index in [0.29, 0.717) is 4.99 Å². The van der Waals surface area contributed by atoms with E-state index in [9.17, 15) is 0 Å². The second kappa shape index (κ2) is 6.08. The molecular weight excluding hydrogens is 272 g/mol. The van der Waals surface area contributed by atoms with E-state index < -0.39 is 0 Å². The zero-order chi connectivity index (χ0) is 13.8. The van der Waals surface area contributed by atoms with E-state index in [1.807, 2.05) is 37.3 Å². The van der Waals surface area contributed by atoms with Gasteiger partial charge < -0.3 is 11.1 Å². The molecule has 3 N–H and O–H groups in total. The number of benzene rings is 2. The first-order valence-electron chi connectivity index (χ1n) is 5.92. The first kappa shape index (κ1) is 13.9. The van der Waals surface area contributed by atoms with Crippen molar-refractivity contribution in [2.45, 2.75) is 11.8 Å². The maximum Gasteiger partial charge on any atom is 0.106 e. The quantitative estimate of drug-likeness (QED) is 0.656. The van der Waals surface area contributed by atoms with Crippen molar-refractivity contribution in [3.8, 4) is 0 Å². The van der Waals surface area contributed by atoms with Gasteiger partial charge in [-0.3, -0.25) is 0 Å². The number of nitrogens with one attached hydrogen (secondary N) is 1. The third kappa shape index (κ3) is 3.28. The van der Waals surface area contributed by atoms with Crippen LogP contribution in [0.4, 0.5) is 11.4 Å². The highest BCUT2D eigenvalue weighted by molar-refractivity contribution is 7.98. The van der Waals surface area contributed by atoms with Crippen molar-refractivity contribution in [2.75, 3.05) is 11.6 Å². The Morgan fingerprint density at radius 3 is 2.58 bits per heavy atom. The van der Waals surface area contributed by atoms with Gasteiger partial charge in [0.15, 0.2) is 0 Å². The summed E-state index contributed by atoms with van der Waals surface area (Å²) in [6, 6.07) is 14.2. The van der Waals surface area contributed by atoms with Crippen LogP contribution in [0.1, 0.15) is 11.1 Å². The predicted molar refractivity (Wildman–Crippen MR) is 88.6 cm³/mol. The fraction of sp³-hybridized carbons (Fsp3) is 0.133. The third-order valence-corrected chi connectivity index (χ3v) is 3.83. The summed E-state index contributed by atoms with van der Waals surface area (Å²) in [4.78, 5) is 1.60. The van der Waals surface area contributed by atoms with E-state index in [2.05, 4.69) is 23.7 Å². The van der Waals surface area contributed by atoms with Crippen LogP contribution in [0.3, 0.4) is 0 Å². The van der Waals surface area contributed by atoms with E-state index in [1.165, 1.54) is 4.90 Å². The fourth-order valence-electron chi connectivity index (χ4n) is 1.86. The predicted octanol–water partition coefficient (Wildman–Crippen LogP) is 4.09. The van der Waals surface area contributed by atoms with Crippen molar-refractivity contribution >= 4 is 40.3 Å². The normalized spacial score (nSPS) is 10.2. The van der Waals surface area contributed by atoms with E-state index in [4.69, 9.17) is 18.0 Å². The van der Waals surface area contributed by atoms with Crippen molar-refractivity contribution in [3.63, 3.8) is 0 Å². The molecule has 0 radical (unpaired) electrons. The SMILES string of the molecule is CSc1ccccc1Nc1ccc(C)cc1C(N)=S. The Labute approximate surface area is 123 Å². The van der Waals surface area contributed by atoms with Crippen LogP contribution < -0.4 is 11.1 Å². The minimum Gasteiger partial charge on any atom is -0.389 e. The second-order valence-electron chi connectivity index (χ2n) is 4.24. The molecule has 2 aromatic carbocycles. The fourth-order valence-corrected chi connectivity index (χ4v) is 2.59. The van der Waals surface area contributed by atoms with Gasteiger partial charge >= 0.3 is 0 Å². The summed E-state index contributed by atoms with van der Waals surface area (Å²) < 4.78 is 0. The Balaban J connectivity index is 2.41. The molecule has 2 aromatic rings. The van der Waals surface area contributed by atoms with Crippen molar-refractivity contribution in [2.24, 2.45) is 5.73 Å². The molecule has 0 unspecified atom stereocenters. The number of hydrogen-bond acceptors (Lipinski definition) is 3. The molecule has 0 saturated carbocycles. The molecule has 0 amide bonds. The lowest BCUT2D eigenvalue weighted by molar-refractivity contribution is 1.39. The first-order valence-corrected chi connectivity index (χ1v) is 7.55. The Bertz CT molecular complexity index is 609. The maximum atomic E-state index is 5.79. The van der Waals surface area contributed by atoms with Gasteiger partial charge in [0.1, 0.15) is 4.99 Å². The van der Waals surface area contributed by atoms with Crippen LogP contribution in [0.25, 0.3) is 0 Å². The molecule has 4 heteroatoms. The van der Waals surface area contributed by atoms with Gasteiger partial charge in [0.2, 0.25) is 0 Å². The van der Waals surface area contributed by atoms with Gasteiger partial charge in [0.25, 0.3) is 0 Å². The lowest BCUT2D eigenvalue weighted by Crippen LogP contribution is -2.12. The molecule has 0 bridgehead atoms. The van der Waals surface area contributed by atoms with Gasteiger partial charge in [-0.1, -0.05) is 36.0 Å². The standard InChI is InChI=1S/C15H16N2S2/c1-10-7-8-12(11(9-10)15(16)18)17-13-5-3-4-6-14(13)19-2/h3-9,17H,1-2H3,(H2,16,18). The van der Waals surface area contributed by atoms with E-state index in [0.717, 1.165) is 22.5 Å². The molecule has 0 saturated heterocycles. The smallest absolute Gasteiger partial charge is 0.106 e. The van der Waals surface area contributed by atoms with Gasteiger partial charge in [0, 0.05) is 16.1 Å². The topological polar surface area (TPSA) is 38.0 Å². The van der Waals surface area contributed by atoms with Crippen LogP contribution in [-0.2, 0) is 0 Å². The number of hydrogen-bond donors (Lipinski definition) is 2. The average Bonchev–Trinajstić information content (AvgIpc) is 2.41. The van der Waals surface area contributed by atoms with Crippen molar-refractivity contribution < 1.29 is 0 Å². The van der Waals surface area contributed by atoms with Crippen molar-refractivity contribution in [1.29, 1.82) is 0 Å². The Morgan fingerprint density at radius 1 is 1.16 bits per heavy atom. The molecule has 19 heavy (non-hydrogen) atoms. The van der Waals surface area contributed by atoms with Gasteiger partial charge in [-0.2, -0.15) is 0 Å². The van der Waals surface area contributed by atoms with Crippen molar-refractivity contribution in [3.05, 3.63) is 53.6 Å². The van der Waals surface area contributed by atoms with Gasteiger partial charge in [-0.25, -0.2) is 0 Å². The molecule has 2 nitrogen and oxygen atoms in total. The third-order valence-electron chi connectivity index (χ3n) is 2.82. The van der Waals surface area contributed by atoms with E-state index >= 15 is 0 Å². The monoisotopic (exact) mass is 288 g/mol. The number of anilines is 2. The highest BCUT2D eigenvalue weighted by atomic mass is 32.2. The zero-order valence-corrected chi connectivity index (χ0v) is 12.6. The number of thioether (sulfide) groups is 1. The number of nitrogens with two attached hydrogens (primary N) is 1. The minimum absolute atomic E-state index is 0.410. The zero-order valence-electron chi connectivity index (χ0n) is 10.9. The average molecular weight is 288 g/mol. The second-order valence-corrected chi connectivity index (χ2v) is 5.53. The molecule has 0 fully saturated rings. The molecular formula is C15H16N2S2. The summed E-state index contributed by atoms with van der Waals surface area (Å²) in [7, 11) is 0. The molecule has 0 atom stereocenters. The van der Waals surface area contributed by atoms with Crippen LogP contribution in [0.5, 0.6) is 0 Å². The summed E-state index contributed by atoms with van der Waals surface area (Å²) in [5.41, 5.74) is 9.83. The van der Waals surface area contributed by atoms with Crippen molar-refractivity contribution in [1.82, 2.24) is 0 Å². The summed E-state index contributed by atoms with van der Waals surface area (Å²) in [5, 5.41) is 3.41. The lowest BCUT2D eigenvalue weighted by atomic mass is 10.1. The molecule has 2 rings (SSSR count). The summed E-state index contributed by atoms with van der Waals surface area (Å²) in [6.45, 7) is 2.03. The molecule has 0 aliphatic heterocycles. The number of thiocarbonyl (C=S) groups is 1. The van der Waals surface area contributed by atoms with Crippen LogP contribution in [0.15, 0.2) is 47.4 Å². The first-order chi connectivity index (χ1) is 9.11. The molecule has 0 aliphatic rings. The lowest BCUT2D eigenvalue weighted by Gasteiger charge is -2.14. The Hall–Kier alpha value is -1.52. The summed E-state index contributed by atoms with van der Waals surface area (Å²) >= 11 is 6.82. The number of aryl methyl sites for hydroxylation is 1. The molecule has 0 spiro atoms. The largest absolute Gasteiger partial charge is 0.389 e. The Kier molecular flexibility index (Phi) is 4.45. The molecule has 98 valence electrons. The van der Waals surface area contributed by atoms with Crippen LogP contribution in [0.2, 0.25) is 0 Å². The van der Waals surface area contributed by atoms with Gasteiger partial charge in [-0.15, -0.1) is 11.8 Å². The number of para-hydroxylation sites is 1. The summed E-state index contributed by atoms with van der Waals surface area (Å²) in [6.07, 6.45) is 2.06. The highest BCUT2D eigenvalue weighted by Crippen LogP contribution is 2.29. The highest BCUT2D eigenvalue weighted by Gasteiger charge is 2.07. The van der Waals surface area contributed by atoms with E-state index in [1.54, 1.807) is 11.8 Å². The minimum atomic E-state index is 0.410. The van der Waals surface area contributed by atoms with Crippen LogP contribution in [-0.4, -0.2) is 11.2 Å². The van der Waals surface area contributed by atoms with Crippen LogP contribution in [0, 0.1) is 6.92 Å². The maximum absolute atomic E-state index is 5.79. The van der Waals surface area contributed by atoms with Gasteiger partial charge in [0.05, 0.1) is 5.69 Å². The molecule has 0 heterocycles. The summed E-state index contributed by atoms with van der Waals surface area (Å²) in [5.74, 6) is 0.